The summed E-state index contributed by atoms with van der Waals surface area (Å²) in [6, 6.07) is 5.74. The molecule has 3 aromatic rings. The summed E-state index contributed by atoms with van der Waals surface area (Å²) in [6.07, 6.45) is 7.96. The molecule has 35 heavy (non-hydrogen) atoms. The topological polar surface area (TPSA) is 106 Å². The summed E-state index contributed by atoms with van der Waals surface area (Å²) in [6.45, 7) is 5.06. The number of ether oxygens (including phenoxy) is 1. The molecule has 1 atom stereocenters. The number of fused-ring (bicyclic) bond motifs is 1. The van der Waals surface area contributed by atoms with Gasteiger partial charge in [0.15, 0.2) is 11.6 Å². The molecule has 8 nitrogen and oxygen atoms in total. The van der Waals surface area contributed by atoms with Gasteiger partial charge in [0.2, 0.25) is 5.43 Å². The van der Waals surface area contributed by atoms with Gasteiger partial charge in [-0.25, -0.2) is 9.37 Å². The Morgan fingerprint density at radius 3 is 2.86 bits per heavy atom. The summed E-state index contributed by atoms with van der Waals surface area (Å²) >= 11 is 0. The molecule has 2 fully saturated rings. The highest BCUT2D eigenvalue weighted by Crippen LogP contribution is 2.50. The first kappa shape index (κ1) is 21.8. The van der Waals surface area contributed by atoms with E-state index in [2.05, 4.69) is 16.9 Å². The lowest BCUT2D eigenvalue weighted by Gasteiger charge is -2.40. The lowest BCUT2D eigenvalue weighted by molar-refractivity contribution is 0.142. The first-order valence-electron chi connectivity index (χ1n) is 12.0. The second-order valence-corrected chi connectivity index (χ2v) is 9.83. The minimum atomic E-state index is -0.669. The third-order valence-electron chi connectivity index (χ3n) is 7.71. The van der Waals surface area contributed by atoms with Crippen LogP contribution < -0.4 is 26.1 Å². The molecule has 2 aromatic heterocycles. The molecule has 1 aromatic carbocycles. The minimum Gasteiger partial charge on any atom is -0.508 e. The zero-order valence-corrected chi connectivity index (χ0v) is 19.4. The van der Waals surface area contributed by atoms with Crippen molar-refractivity contribution in [1.29, 1.82) is 0 Å². The SMILES string of the molecule is C=C(O)c1cn2c3c(c(N4CCC(Nc5ccccn5)C4)c(F)c(N)c3c1=O)OCC21CCCC1. The van der Waals surface area contributed by atoms with Gasteiger partial charge < -0.3 is 30.4 Å². The number of benzene rings is 1. The van der Waals surface area contributed by atoms with Crippen LogP contribution in [0.25, 0.3) is 16.7 Å². The van der Waals surface area contributed by atoms with Gasteiger partial charge >= 0.3 is 0 Å². The Kier molecular flexibility index (Phi) is 4.91. The summed E-state index contributed by atoms with van der Waals surface area (Å²) in [5.74, 6) is 0.0885. The standard InChI is InChI=1S/C26H28FN5O3/c1-15(33)17-13-32-22-19(24(17)34)21(28)20(27)23(25(22)35-14-26(32)8-3-4-9-26)31-11-7-16(12-31)30-18-6-2-5-10-29-18/h2,5-6,10,13,16,33H,1,3-4,7-9,11-12,14,28H2,(H,29,30). The van der Waals surface area contributed by atoms with Crippen molar-refractivity contribution < 1.29 is 14.2 Å². The van der Waals surface area contributed by atoms with Crippen molar-refractivity contribution in [2.45, 2.75) is 43.7 Å². The molecule has 3 aliphatic rings. The monoisotopic (exact) mass is 477 g/mol. The Balaban J connectivity index is 1.51. The summed E-state index contributed by atoms with van der Waals surface area (Å²) < 4.78 is 24.2. The first-order chi connectivity index (χ1) is 16.9. The van der Waals surface area contributed by atoms with Crippen LogP contribution in [-0.2, 0) is 5.54 Å². The van der Waals surface area contributed by atoms with Crippen molar-refractivity contribution in [3.8, 4) is 5.75 Å². The number of anilines is 3. The Morgan fingerprint density at radius 2 is 2.14 bits per heavy atom. The van der Waals surface area contributed by atoms with E-state index in [1.165, 1.54) is 0 Å². The molecule has 1 unspecified atom stereocenters. The molecule has 9 heteroatoms. The summed E-state index contributed by atoms with van der Waals surface area (Å²) in [4.78, 5) is 19.6. The molecule has 4 heterocycles. The fourth-order valence-corrected chi connectivity index (χ4v) is 5.97. The van der Waals surface area contributed by atoms with Gasteiger partial charge in [-0.1, -0.05) is 25.5 Å². The van der Waals surface area contributed by atoms with Gasteiger partial charge in [-0.3, -0.25) is 4.79 Å². The van der Waals surface area contributed by atoms with E-state index in [0.717, 1.165) is 37.9 Å². The van der Waals surface area contributed by atoms with Crippen molar-refractivity contribution >= 4 is 33.9 Å². The van der Waals surface area contributed by atoms with Crippen LogP contribution >= 0.6 is 0 Å². The number of rotatable bonds is 4. The van der Waals surface area contributed by atoms with Crippen molar-refractivity contribution in [2.75, 3.05) is 35.6 Å². The zero-order chi connectivity index (χ0) is 24.3. The number of nitrogens with two attached hydrogens (primary N) is 1. The van der Waals surface area contributed by atoms with Crippen LogP contribution in [-0.4, -0.2) is 40.4 Å². The third kappa shape index (κ3) is 3.25. The van der Waals surface area contributed by atoms with E-state index in [4.69, 9.17) is 10.5 Å². The van der Waals surface area contributed by atoms with Crippen LogP contribution in [0.15, 0.2) is 42.0 Å². The van der Waals surface area contributed by atoms with E-state index in [1.807, 2.05) is 27.7 Å². The van der Waals surface area contributed by atoms with Gasteiger partial charge in [0.25, 0.3) is 0 Å². The lowest BCUT2D eigenvalue weighted by Crippen LogP contribution is -2.42. The Labute approximate surface area is 201 Å². The van der Waals surface area contributed by atoms with E-state index in [9.17, 15) is 9.90 Å². The smallest absolute Gasteiger partial charge is 0.202 e. The summed E-state index contributed by atoms with van der Waals surface area (Å²) in [7, 11) is 0. The summed E-state index contributed by atoms with van der Waals surface area (Å²) in [5, 5.41) is 13.6. The molecule has 1 aliphatic carbocycles. The molecule has 6 rings (SSSR count). The van der Waals surface area contributed by atoms with Crippen molar-refractivity contribution in [2.24, 2.45) is 0 Å². The van der Waals surface area contributed by atoms with Crippen LogP contribution in [0.3, 0.4) is 0 Å². The molecular weight excluding hydrogens is 449 g/mol. The number of aromatic nitrogens is 2. The molecule has 1 spiro atoms. The van der Waals surface area contributed by atoms with Gasteiger partial charge in [0.1, 0.15) is 23.9 Å². The largest absolute Gasteiger partial charge is 0.508 e. The van der Waals surface area contributed by atoms with E-state index in [1.54, 1.807) is 12.4 Å². The number of nitrogens with zero attached hydrogens (tertiary/aromatic N) is 3. The van der Waals surface area contributed by atoms with Gasteiger partial charge in [0.05, 0.1) is 27.7 Å². The lowest BCUT2D eigenvalue weighted by atomic mass is 9.93. The Morgan fingerprint density at radius 1 is 1.34 bits per heavy atom. The maximum atomic E-state index is 15.9. The molecule has 0 amide bonds. The number of hydrogen-bond acceptors (Lipinski definition) is 7. The minimum absolute atomic E-state index is 0.0382. The van der Waals surface area contributed by atoms with Crippen molar-refractivity contribution in [3.63, 3.8) is 0 Å². The number of hydrogen-bond donors (Lipinski definition) is 3. The fraction of sp³-hybridized carbons (Fsp3) is 0.385. The molecule has 0 bridgehead atoms. The average Bonchev–Trinajstić information content (AvgIpc) is 3.50. The average molecular weight is 478 g/mol. The Bertz CT molecular complexity index is 1400. The maximum absolute atomic E-state index is 15.9. The van der Waals surface area contributed by atoms with Gasteiger partial charge in [-0.05, 0) is 31.4 Å². The second-order valence-electron chi connectivity index (χ2n) is 9.83. The van der Waals surface area contributed by atoms with Crippen LogP contribution in [0.2, 0.25) is 0 Å². The molecule has 4 N–H and O–H groups in total. The number of halogens is 1. The second kappa shape index (κ2) is 7.90. The van der Waals surface area contributed by atoms with Gasteiger partial charge in [0, 0.05) is 31.5 Å². The number of pyridine rings is 2. The molecule has 0 radical (unpaired) electrons. The van der Waals surface area contributed by atoms with E-state index < -0.39 is 11.2 Å². The van der Waals surface area contributed by atoms with Crippen LogP contribution in [0.4, 0.5) is 21.6 Å². The highest BCUT2D eigenvalue weighted by Gasteiger charge is 2.43. The highest BCUT2D eigenvalue weighted by molar-refractivity contribution is 6.01. The van der Waals surface area contributed by atoms with Crippen LogP contribution in [0, 0.1) is 5.82 Å². The fourth-order valence-electron chi connectivity index (χ4n) is 5.97. The Hall–Kier alpha value is -3.75. The van der Waals surface area contributed by atoms with Gasteiger partial charge in [-0.15, -0.1) is 0 Å². The number of nitrogen functional groups attached to an aromatic ring is 1. The third-order valence-corrected chi connectivity index (χ3v) is 7.71. The van der Waals surface area contributed by atoms with E-state index >= 15 is 4.39 Å². The first-order valence-corrected chi connectivity index (χ1v) is 12.0. The van der Waals surface area contributed by atoms with E-state index in [0.29, 0.717) is 31.0 Å². The molecule has 1 saturated carbocycles. The van der Waals surface area contributed by atoms with Crippen molar-refractivity contribution in [1.82, 2.24) is 9.55 Å². The molecular formula is C26H28FN5O3. The number of nitrogens with one attached hydrogen (secondary N) is 1. The normalized spacial score (nSPS) is 20.4. The zero-order valence-electron chi connectivity index (χ0n) is 19.4. The molecule has 2 aliphatic heterocycles. The predicted octanol–water partition coefficient (Wildman–Crippen LogP) is 4.00. The molecule has 182 valence electrons. The van der Waals surface area contributed by atoms with Gasteiger partial charge in [-0.2, -0.15) is 0 Å². The van der Waals surface area contributed by atoms with Crippen molar-refractivity contribution in [3.05, 3.63) is 58.8 Å². The number of aliphatic hydroxyl groups is 1. The van der Waals surface area contributed by atoms with Crippen LogP contribution in [0.5, 0.6) is 5.75 Å². The quantitative estimate of drug-likeness (QED) is 0.385. The van der Waals surface area contributed by atoms with E-state index in [-0.39, 0.29) is 39.7 Å². The number of aliphatic hydroxyl groups excluding tert-OH is 1. The predicted molar refractivity (Wildman–Crippen MR) is 135 cm³/mol. The van der Waals surface area contributed by atoms with Crippen LogP contribution in [0.1, 0.15) is 37.7 Å². The maximum Gasteiger partial charge on any atom is 0.202 e. The summed E-state index contributed by atoms with van der Waals surface area (Å²) in [5.41, 5.74) is 6.02. The highest BCUT2D eigenvalue weighted by atomic mass is 19.1. The molecule has 1 saturated heterocycles.